The van der Waals surface area contributed by atoms with Gasteiger partial charge in [0.05, 0.1) is 11.4 Å². The first-order valence-electron chi connectivity index (χ1n) is 6.64. The molecule has 0 fully saturated rings. The molecular weight excluding hydrogens is 250 g/mol. The molecule has 0 spiro atoms. The molecule has 1 amide bonds. The molecule has 2 rings (SSSR count). The molecule has 1 N–H and O–H groups in total. The van der Waals surface area contributed by atoms with Gasteiger partial charge < -0.3 is 5.32 Å². The van der Waals surface area contributed by atoms with Gasteiger partial charge in [0, 0.05) is 18.2 Å². The number of hydrogen-bond acceptors (Lipinski definition) is 2. The molecule has 0 bridgehead atoms. The second-order valence-corrected chi connectivity index (χ2v) is 4.84. The second-order valence-electron chi connectivity index (χ2n) is 4.84. The molecule has 0 radical (unpaired) electrons. The fraction of sp³-hybridized carbons (Fsp3) is 0.250. The van der Waals surface area contributed by atoms with Crippen LogP contribution < -0.4 is 5.32 Å². The van der Waals surface area contributed by atoms with Crippen molar-refractivity contribution in [2.45, 2.75) is 26.3 Å². The molecule has 0 aliphatic heterocycles. The normalized spacial score (nSPS) is 11.9. The van der Waals surface area contributed by atoms with Crippen molar-refractivity contribution in [2.75, 3.05) is 0 Å². The molecule has 1 heterocycles. The average Bonchev–Trinajstić information content (AvgIpc) is 2.80. The fourth-order valence-corrected chi connectivity index (χ4v) is 2.16. The van der Waals surface area contributed by atoms with Crippen LogP contribution in [0.1, 0.15) is 18.3 Å². The zero-order valence-electron chi connectivity index (χ0n) is 11.8. The minimum Gasteiger partial charge on any atom is -0.350 e. The summed E-state index contributed by atoms with van der Waals surface area (Å²) in [5.74, 6) is -0.153. The number of aromatic nitrogens is 2. The van der Waals surface area contributed by atoms with Crippen LogP contribution in [-0.4, -0.2) is 21.7 Å². The Balaban J connectivity index is 2.20. The summed E-state index contributed by atoms with van der Waals surface area (Å²) >= 11 is 0. The molecule has 0 unspecified atom stereocenters. The number of hydrogen-bond donors (Lipinski definition) is 1. The summed E-state index contributed by atoms with van der Waals surface area (Å²) in [7, 11) is 0. The molecule has 0 aliphatic carbocycles. The lowest BCUT2D eigenvalue weighted by Gasteiger charge is -2.14. The highest BCUT2D eigenvalue weighted by Gasteiger charge is 2.12. The van der Waals surface area contributed by atoms with Crippen LogP contribution in [-0.2, 0) is 11.2 Å². The van der Waals surface area contributed by atoms with Gasteiger partial charge in [0.15, 0.2) is 0 Å². The summed E-state index contributed by atoms with van der Waals surface area (Å²) in [6.07, 6.45) is 2.01. The Bertz CT molecular complexity index is 601. The van der Waals surface area contributed by atoms with Crippen LogP contribution in [0.5, 0.6) is 0 Å². The summed E-state index contributed by atoms with van der Waals surface area (Å²) in [5.41, 5.74) is 3.06. The van der Waals surface area contributed by atoms with Crippen LogP contribution in [0.15, 0.2) is 49.1 Å². The van der Waals surface area contributed by atoms with Gasteiger partial charge in [-0.2, -0.15) is 5.10 Å². The van der Waals surface area contributed by atoms with Gasteiger partial charge in [-0.25, -0.2) is 4.68 Å². The van der Waals surface area contributed by atoms with Crippen LogP contribution in [0.3, 0.4) is 0 Å². The molecule has 1 aromatic heterocycles. The van der Waals surface area contributed by atoms with Crippen LogP contribution in [0.4, 0.5) is 0 Å². The van der Waals surface area contributed by atoms with Crippen molar-refractivity contribution in [3.05, 3.63) is 60.4 Å². The lowest BCUT2D eigenvalue weighted by molar-refractivity contribution is -0.117. The smallest absolute Gasteiger partial charge is 0.243 e. The summed E-state index contributed by atoms with van der Waals surface area (Å²) in [6.45, 7) is 7.40. The third-order valence-corrected chi connectivity index (χ3v) is 3.00. The van der Waals surface area contributed by atoms with E-state index in [0.717, 1.165) is 23.5 Å². The number of aryl methyl sites for hydroxylation is 1. The third kappa shape index (κ3) is 3.35. The van der Waals surface area contributed by atoms with Crippen molar-refractivity contribution < 1.29 is 4.79 Å². The molecule has 1 atom stereocenters. The molecule has 0 saturated heterocycles. The third-order valence-electron chi connectivity index (χ3n) is 3.00. The first-order chi connectivity index (χ1) is 9.60. The minimum absolute atomic E-state index is 0.0269. The summed E-state index contributed by atoms with van der Waals surface area (Å²) in [6, 6.07) is 12.1. The Morgan fingerprint density at radius 3 is 2.80 bits per heavy atom. The number of amides is 1. The van der Waals surface area contributed by atoms with E-state index in [4.69, 9.17) is 0 Å². The van der Waals surface area contributed by atoms with E-state index in [2.05, 4.69) is 17.0 Å². The highest BCUT2D eigenvalue weighted by Crippen LogP contribution is 2.14. The largest absolute Gasteiger partial charge is 0.350 e. The van der Waals surface area contributed by atoms with E-state index < -0.39 is 0 Å². The van der Waals surface area contributed by atoms with Gasteiger partial charge >= 0.3 is 0 Å². The standard InChI is InChI=1S/C16H19N3O/c1-4-16(20)17-12(2)10-15-11-13(3)18-19(15)14-8-6-5-7-9-14/h4-9,11-12H,1,10H2,2-3H3,(H,17,20)/t12-/m0/s1. The lowest BCUT2D eigenvalue weighted by Crippen LogP contribution is -2.33. The predicted molar refractivity (Wildman–Crippen MR) is 79.8 cm³/mol. The van der Waals surface area contributed by atoms with Crippen LogP contribution >= 0.6 is 0 Å². The maximum absolute atomic E-state index is 11.3. The number of rotatable bonds is 5. The topological polar surface area (TPSA) is 46.9 Å². The number of carbonyl (C=O) groups is 1. The predicted octanol–water partition coefficient (Wildman–Crippen LogP) is 2.41. The summed E-state index contributed by atoms with van der Waals surface area (Å²) in [4.78, 5) is 11.3. The van der Waals surface area contributed by atoms with E-state index in [-0.39, 0.29) is 11.9 Å². The van der Waals surface area contributed by atoms with Gasteiger partial charge in [0.2, 0.25) is 5.91 Å². The second kappa shape index (κ2) is 6.19. The van der Waals surface area contributed by atoms with E-state index in [1.54, 1.807) is 0 Å². The first-order valence-corrected chi connectivity index (χ1v) is 6.64. The van der Waals surface area contributed by atoms with Gasteiger partial charge in [-0.15, -0.1) is 0 Å². The van der Waals surface area contributed by atoms with Crippen molar-refractivity contribution in [1.82, 2.24) is 15.1 Å². The van der Waals surface area contributed by atoms with E-state index in [1.165, 1.54) is 6.08 Å². The fourth-order valence-electron chi connectivity index (χ4n) is 2.16. The van der Waals surface area contributed by atoms with Crippen LogP contribution in [0, 0.1) is 6.92 Å². The van der Waals surface area contributed by atoms with Gasteiger partial charge in [0.25, 0.3) is 0 Å². The highest BCUT2D eigenvalue weighted by molar-refractivity contribution is 5.87. The average molecular weight is 269 g/mol. The quantitative estimate of drug-likeness (QED) is 0.847. The number of nitrogens with one attached hydrogen (secondary N) is 1. The monoisotopic (exact) mass is 269 g/mol. The van der Waals surface area contributed by atoms with Crippen molar-refractivity contribution >= 4 is 5.91 Å². The molecule has 2 aromatic rings. The molecule has 104 valence electrons. The highest BCUT2D eigenvalue weighted by atomic mass is 16.1. The molecule has 4 nitrogen and oxygen atoms in total. The van der Waals surface area contributed by atoms with Crippen LogP contribution in [0.25, 0.3) is 5.69 Å². The van der Waals surface area contributed by atoms with E-state index in [0.29, 0.717) is 0 Å². The minimum atomic E-state index is -0.153. The Hall–Kier alpha value is -2.36. The molecule has 4 heteroatoms. The molecule has 20 heavy (non-hydrogen) atoms. The zero-order chi connectivity index (χ0) is 14.5. The van der Waals surface area contributed by atoms with Gasteiger partial charge in [-0.05, 0) is 38.1 Å². The Morgan fingerprint density at radius 2 is 2.15 bits per heavy atom. The SMILES string of the molecule is C=CC(=O)N[C@@H](C)Cc1cc(C)nn1-c1ccccc1. The first kappa shape index (κ1) is 14.1. The van der Waals surface area contributed by atoms with E-state index in [9.17, 15) is 4.79 Å². The summed E-state index contributed by atoms with van der Waals surface area (Å²) in [5, 5.41) is 7.38. The molecular formula is C16H19N3O. The number of para-hydroxylation sites is 1. The molecule has 0 aliphatic rings. The number of benzene rings is 1. The Morgan fingerprint density at radius 1 is 1.45 bits per heavy atom. The maximum Gasteiger partial charge on any atom is 0.243 e. The van der Waals surface area contributed by atoms with Crippen molar-refractivity contribution in [3.63, 3.8) is 0 Å². The number of nitrogens with zero attached hydrogens (tertiary/aromatic N) is 2. The van der Waals surface area contributed by atoms with Crippen molar-refractivity contribution in [2.24, 2.45) is 0 Å². The van der Waals surface area contributed by atoms with Crippen molar-refractivity contribution in [3.8, 4) is 5.69 Å². The lowest BCUT2D eigenvalue weighted by atomic mass is 10.1. The zero-order valence-corrected chi connectivity index (χ0v) is 11.8. The Kier molecular flexibility index (Phi) is 4.35. The van der Waals surface area contributed by atoms with Gasteiger partial charge in [-0.3, -0.25) is 4.79 Å². The molecule has 1 aromatic carbocycles. The number of carbonyl (C=O) groups excluding carboxylic acids is 1. The molecule has 0 saturated carbocycles. The maximum atomic E-state index is 11.3. The van der Waals surface area contributed by atoms with E-state index in [1.807, 2.05) is 54.9 Å². The van der Waals surface area contributed by atoms with Crippen LogP contribution in [0.2, 0.25) is 0 Å². The van der Waals surface area contributed by atoms with Gasteiger partial charge in [-0.1, -0.05) is 24.8 Å². The van der Waals surface area contributed by atoms with Gasteiger partial charge in [0.1, 0.15) is 0 Å². The Labute approximate surface area is 119 Å². The van der Waals surface area contributed by atoms with Crippen molar-refractivity contribution in [1.29, 1.82) is 0 Å². The van der Waals surface area contributed by atoms with E-state index >= 15 is 0 Å². The summed E-state index contributed by atoms with van der Waals surface area (Å²) < 4.78 is 1.92.